The van der Waals surface area contributed by atoms with Crippen molar-refractivity contribution in [1.29, 1.82) is 0 Å². The Morgan fingerprint density at radius 2 is 1.05 bits per heavy atom. The van der Waals surface area contributed by atoms with Gasteiger partial charge in [0, 0.05) is 33.4 Å². The Bertz CT molecular complexity index is 724. The molecule has 0 aliphatic carbocycles. The maximum absolute atomic E-state index is 12.5. The van der Waals surface area contributed by atoms with Gasteiger partial charge in [-0.3, -0.25) is 24.0 Å². The zero-order chi connectivity index (χ0) is 16.1. The van der Waals surface area contributed by atoms with E-state index in [0.29, 0.717) is 0 Å². The highest BCUT2D eigenvalue weighted by molar-refractivity contribution is 6.18. The predicted octanol–water partition coefficient (Wildman–Crippen LogP) is 0.749. The van der Waals surface area contributed by atoms with E-state index in [2.05, 4.69) is 0 Å². The Kier molecular flexibility index (Phi) is 4.48. The molecule has 0 aromatic heterocycles. The highest BCUT2D eigenvalue weighted by Gasteiger charge is 2.21. The van der Waals surface area contributed by atoms with Crippen molar-refractivity contribution in [3.8, 4) is 0 Å². The fraction of sp³-hybridized carbons (Fsp3) is 0. The number of carbonyl (C=O) groups is 1. The van der Waals surface area contributed by atoms with Crippen LogP contribution >= 0.6 is 0 Å². The van der Waals surface area contributed by atoms with Gasteiger partial charge in [0.15, 0.2) is 5.78 Å². The molecule has 0 saturated carbocycles. The van der Waals surface area contributed by atoms with Crippen LogP contribution in [0.4, 0.5) is 0 Å². The normalized spacial score (nSPS) is 9.82. The zero-order valence-corrected chi connectivity index (χ0v) is 11.0. The Labute approximate surface area is 125 Å². The molecule has 5 heteroatoms. The summed E-state index contributed by atoms with van der Waals surface area (Å²) in [7, 11) is 0. The predicted molar refractivity (Wildman–Crippen MR) is 75.5 cm³/mol. The van der Waals surface area contributed by atoms with Gasteiger partial charge in [-0.15, -0.1) is 0 Å². The van der Waals surface area contributed by atoms with Crippen molar-refractivity contribution in [1.82, 2.24) is 0 Å². The Morgan fingerprint density at radius 3 is 1.36 bits per heavy atom. The van der Waals surface area contributed by atoms with Crippen molar-refractivity contribution in [2.45, 2.75) is 0 Å². The lowest BCUT2D eigenvalue weighted by molar-refractivity contribution is 0.103. The van der Waals surface area contributed by atoms with Gasteiger partial charge in [0.05, 0.1) is 0 Å². The molecule has 22 heavy (non-hydrogen) atoms. The molecule has 0 amide bonds. The molecule has 5 nitrogen and oxygen atoms in total. The van der Waals surface area contributed by atoms with Gasteiger partial charge in [-0.25, -0.2) is 0 Å². The van der Waals surface area contributed by atoms with Crippen LogP contribution in [0, 0.1) is 0 Å². The lowest BCUT2D eigenvalue weighted by Crippen LogP contribution is -2.11. The van der Waals surface area contributed by atoms with Crippen LogP contribution in [-0.4, -0.2) is 30.9 Å². The van der Waals surface area contributed by atoms with Crippen LogP contribution < -0.4 is 0 Å². The third kappa shape index (κ3) is 2.52. The molecule has 2 rings (SSSR count). The fourth-order valence-corrected chi connectivity index (χ4v) is 2.02. The van der Waals surface area contributed by atoms with Crippen molar-refractivity contribution < 1.29 is 24.0 Å². The standard InChI is InChI=1S/C17H6O5/c18-7-11-3-1-5-13(15(11)9-20)17(22)14-6-2-4-12(8-19)16(14)10-21/h1-6H. The third-order valence-corrected chi connectivity index (χ3v) is 3.04. The monoisotopic (exact) mass is 290 g/mol. The van der Waals surface area contributed by atoms with Crippen LogP contribution in [-0.2, 0) is 19.2 Å². The lowest BCUT2D eigenvalue weighted by atomic mass is 9.92. The molecule has 0 atom stereocenters. The second-order valence-corrected chi connectivity index (χ2v) is 4.19. The molecule has 0 aliphatic heterocycles. The topological polar surface area (TPSA) is 85.3 Å². The van der Waals surface area contributed by atoms with Crippen molar-refractivity contribution in [2.24, 2.45) is 0 Å². The summed E-state index contributed by atoms with van der Waals surface area (Å²) in [6, 6.07) is 8.05. The number of ketones is 1. The molecule has 0 aliphatic rings. The largest absolute Gasteiger partial charge is 0.289 e. The summed E-state index contributed by atoms with van der Waals surface area (Å²) in [5.74, 6) is -0.703. The van der Waals surface area contributed by atoms with E-state index >= 15 is 0 Å². The third-order valence-electron chi connectivity index (χ3n) is 3.04. The average Bonchev–Trinajstić information content (AvgIpc) is 2.59. The van der Waals surface area contributed by atoms with Gasteiger partial charge in [0.25, 0.3) is 0 Å². The molecule has 0 bridgehead atoms. The summed E-state index contributed by atoms with van der Waals surface area (Å²) < 4.78 is 0. The van der Waals surface area contributed by atoms with Gasteiger partial charge in [-0.2, -0.15) is 0 Å². The van der Waals surface area contributed by atoms with Crippen LogP contribution in [0.15, 0.2) is 36.4 Å². The van der Waals surface area contributed by atoms with E-state index in [1.54, 1.807) is 0 Å². The molecule has 2 aromatic carbocycles. The van der Waals surface area contributed by atoms with E-state index in [9.17, 15) is 24.0 Å². The van der Waals surface area contributed by atoms with Gasteiger partial charge in [-0.1, -0.05) is 36.4 Å². The lowest BCUT2D eigenvalue weighted by Gasteiger charge is -2.08. The molecular weight excluding hydrogens is 284 g/mol. The molecular formula is C17H6O5. The van der Waals surface area contributed by atoms with E-state index in [-0.39, 0.29) is 33.4 Å². The zero-order valence-electron chi connectivity index (χ0n) is 11.0. The Hall–Kier alpha value is -3.21. The number of carbonyl (C=O) groups excluding carboxylic acids is 5. The smallest absolute Gasteiger partial charge is 0.235 e. The quantitative estimate of drug-likeness (QED) is 0.733. The molecule has 4 radical (unpaired) electrons. The summed E-state index contributed by atoms with van der Waals surface area (Å²) >= 11 is 0. The fourth-order valence-electron chi connectivity index (χ4n) is 2.02. The molecule has 0 fully saturated rings. The van der Waals surface area contributed by atoms with Gasteiger partial charge in [0.1, 0.15) is 0 Å². The van der Waals surface area contributed by atoms with Crippen molar-refractivity contribution in [3.05, 3.63) is 69.8 Å². The van der Waals surface area contributed by atoms with E-state index in [4.69, 9.17) is 0 Å². The summed E-state index contributed by atoms with van der Waals surface area (Å²) in [5, 5.41) is 0. The second kappa shape index (κ2) is 6.49. The van der Waals surface area contributed by atoms with Crippen LogP contribution in [0.25, 0.3) is 0 Å². The van der Waals surface area contributed by atoms with Gasteiger partial charge in [-0.05, 0) is 0 Å². The molecule has 0 unspecified atom stereocenters. The Morgan fingerprint density at radius 1 is 0.636 bits per heavy atom. The van der Waals surface area contributed by atoms with Crippen LogP contribution in [0.2, 0.25) is 0 Å². The molecule has 104 valence electrons. The molecule has 0 N–H and O–H groups in total. The molecule has 0 heterocycles. The Balaban J connectivity index is 2.68. The summed E-state index contributed by atoms with van der Waals surface area (Å²) in [4.78, 5) is 56.2. The van der Waals surface area contributed by atoms with Gasteiger partial charge < -0.3 is 0 Å². The minimum Gasteiger partial charge on any atom is -0.289 e. The maximum Gasteiger partial charge on any atom is 0.235 e. The van der Waals surface area contributed by atoms with E-state index < -0.39 is 5.78 Å². The highest BCUT2D eigenvalue weighted by atomic mass is 16.1. The first-order chi connectivity index (χ1) is 10.7. The minimum absolute atomic E-state index is 0.115. The molecule has 0 spiro atoms. The van der Waals surface area contributed by atoms with Crippen molar-refractivity contribution >= 4 is 30.9 Å². The highest BCUT2D eigenvalue weighted by Crippen LogP contribution is 2.19. The number of hydrogen-bond donors (Lipinski definition) is 0. The number of rotatable bonds is 6. The molecule has 2 aromatic rings. The second-order valence-electron chi connectivity index (χ2n) is 4.19. The van der Waals surface area contributed by atoms with Gasteiger partial charge >= 0.3 is 0 Å². The van der Waals surface area contributed by atoms with E-state index in [0.717, 1.165) is 0 Å². The maximum atomic E-state index is 12.5. The number of hydrogen-bond acceptors (Lipinski definition) is 5. The average molecular weight is 290 g/mol. The summed E-state index contributed by atoms with van der Waals surface area (Å²) in [5.41, 5.74) is -0.961. The van der Waals surface area contributed by atoms with E-state index in [1.807, 2.05) is 0 Å². The summed E-state index contributed by atoms with van der Waals surface area (Å²) in [6.45, 7) is 0. The van der Waals surface area contributed by atoms with Crippen LogP contribution in [0.5, 0.6) is 0 Å². The van der Waals surface area contributed by atoms with E-state index in [1.165, 1.54) is 61.5 Å². The minimum atomic E-state index is -0.703. The summed E-state index contributed by atoms with van der Waals surface area (Å²) in [6.07, 6.45) is 6.13. The first kappa shape index (κ1) is 15.2. The van der Waals surface area contributed by atoms with Crippen molar-refractivity contribution in [2.75, 3.05) is 0 Å². The van der Waals surface area contributed by atoms with Crippen molar-refractivity contribution in [3.63, 3.8) is 0 Å². The first-order valence-corrected chi connectivity index (χ1v) is 6.01. The molecule has 0 saturated heterocycles. The first-order valence-electron chi connectivity index (χ1n) is 6.01. The van der Waals surface area contributed by atoms with Crippen LogP contribution in [0.3, 0.4) is 0 Å². The number of benzene rings is 2. The SMILES string of the molecule is O=[C]c1cccc(C(=O)c2cccc([C]=O)c2[C]=O)c1[C]=O. The van der Waals surface area contributed by atoms with Gasteiger partial charge in [0.2, 0.25) is 25.1 Å². The van der Waals surface area contributed by atoms with Crippen LogP contribution in [0.1, 0.15) is 38.2 Å².